The third-order valence-corrected chi connectivity index (χ3v) is 1.25. The summed E-state index contributed by atoms with van der Waals surface area (Å²) in [5.41, 5.74) is 0. The number of hydrogen-bond donors (Lipinski definition) is 0. The molecular weight excluding hydrogens is 212 g/mol. The number of hydrogen-bond acceptors (Lipinski definition) is 5. The fraction of sp³-hybridized carbons (Fsp3) is 0.455. The van der Waals surface area contributed by atoms with Crippen molar-refractivity contribution in [1.29, 1.82) is 0 Å². The topological polar surface area (TPSA) is 61.8 Å². The van der Waals surface area contributed by atoms with Crippen molar-refractivity contribution in [3.63, 3.8) is 0 Å². The fourth-order valence-corrected chi connectivity index (χ4v) is 0.716. The highest BCUT2D eigenvalue weighted by Crippen LogP contribution is 2.01. The van der Waals surface area contributed by atoms with Crippen molar-refractivity contribution in [3.8, 4) is 12.3 Å². The number of ether oxygens (including phenoxy) is 3. The second-order valence-electron chi connectivity index (χ2n) is 2.39. The predicted octanol–water partition coefficient (Wildman–Crippen LogP) is 0.646. The summed E-state index contributed by atoms with van der Waals surface area (Å²) < 4.78 is 21.5. The molecule has 0 atom stereocenters. The Labute approximate surface area is 95.8 Å². The van der Waals surface area contributed by atoms with E-state index in [1.807, 2.05) is 0 Å². The van der Waals surface area contributed by atoms with E-state index in [0.717, 1.165) is 0 Å². The molecule has 0 radical (unpaired) electrons. The molecule has 0 unspecified atom stereocenters. The lowest BCUT2D eigenvalue weighted by atomic mass is 10.4. The van der Waals surface area contributed by atoms with E-state index in [0.29, 0.717) is 0 Å². The van der Waals surface area contributed by atoms with Gasteiger partial charge in [-0.25, -0.2) is 9.59 Å². The van der Waals surface area contributed by atoms with Gasteiger partial charge in [0.1, 0.15) is 6.61 Å². The van der Waals surface area contributed by atoms with Crippen LogP contribution in [0.2, 0.25) is 0 Å². The average Bonchev–Trinajstić information content (AvgIpc) is 2.30. The zero-order valence-corrected chi connectivity index (χ0v) is 9.24. The molecule has 5 nitrogen and oxygen atoms in total. The molecule has 0 saturated carbocycles. The van der Waals surface area contributed by atoms with E-state index in [9.17, 15) is 9.59 Å². The molecule has 0 heterocycles. The lowest BCUT2D eigenvalue weighted by Gasteiger charge is -2.06. The second kappa shape index (κ2) is 8.36. The van der Waals surface area contributed by atoms with Gasteiger partial charge in [0.2, 0.25) is 5.76 Å². The highest BCUT2D eigenvalue weighted by atomic mass is 16.6. The molecule has 88 valence electrons. The van der Waals surface area contributed by atoms with Gasteiger partial charge in [-0.3, -0.25) is 0 Å². The summed E-state index contributed by atoms with van der Waals surface area (Å²) in [6.45, 7) is 3.11. The minimum atomic E-state index is -0.965. The molecule has 0 aliphatic rings. The van der Waals surface area contributed by atoms with Crippen molar-refractivity contribution in [2.45, 2.75) is 13.8 Å². The molecule has 0 bridgehead atoms. The van der Waals surface area contributed by atoms with Gasteiger partial charge in [-0.15, -0.1) is 6.42 Å². The average molecular weight is 227 g/mol. The summed E-state index contributed by atoms with van der Waals surface area (Å²) in [6.07, 6.45) is 4.96. The van der Waals surface area contributed by atoms with E-state index < -0.39 is 23.7 Å². The van der Waals surface area contributed by atoms with Gasteiger partial charge in [0.05, 0.1) is 20.6 Å². The van der Waals surface area contributed by atoms with E-state index in [-0.39, 0.29) is 19.8 Å². The van der Waals surface area contributed by atoms with Gasteiger partial charge in [-0.1, -0.05) is 5.92 Å². The monoisotopic (exact) mass is 227 g/mol. The van der Waals surface area contributed by atoms with Crippen LogP contribution in [0.15, 0.2) is 11.8 Å². The minimum Gasteiger partial charge on any atom is -0.473 e. The Kier molecular flexibility index (Phi) is 6.33. The first-order chi connectivity index (χ1) is 8.08. The number of rotatable bonds is 6. The molecule has 0 aromatic rings. The molecule has 0 aliphatic heterocycles. The van der Waals surface area contributed by atoms with Crippen LogP contribution in [0.25, 0.3) is 0 Å². The number of carbonyl (C=O) groups excluding carboxylic acids is 2. The van der Waals surface area contributed by atoms with Crippen molar-refractivity contribution in [2.75, 3.05) is 19.8 Å². The summed E-state index contributed by atoms with van der Waals surface area (Å²) in [7, 11) is 0. The van der Waals surface area contributed by atoms with Crippen LogP contribution in [0.5, 0.6) is 0 Å². The first-order valence-electron chi connectivity index (χ1n) is 5.19. The Morgan fingerprint density at radius 3 is 2.44 bits per heavy atom. The Morgan fingerprint density at radius 1 is 1.31 bits per heavy atom. The first-order valence-corrected chi connectivity index (χ1v) is 4.69. The van der Waals surface area contributed by atoms with Crippen molar-refractivity contribution in [3.05, 3.63) is 11.8 Å². The van der Waals surface area contributed by atoms with Gasteiger partial charge in [0.25, 0.3) is 0 Å². The molecule has 0 aliphatic carbocycles. The van der Waals surface area contributed by atoms with Gasteiger partial charge >= 0.3 is 11.9 Å². The van der Waals surface area contributed by atoms with Crippen LogP contribution < -0.4 is 0 Å². The van der Waals surface area contributed by atoms with Crippen molar-refractivity contribution in [1.82, 2.24) is 0 Å². The van der Waals surface area contributed by atoms with Crippen molar-refractivity contribution < 1.29 is 25.2 Å². The highest BCUT2D eigenvalue weighted by molar-refractivity contribution is 5.94. The summed E-state index contributed by atoms with van der Waals surface area (Å²) >= 11 is 0. The number of esters is 2. The lowest BCUT2D eigenvalue weighted by Crippen LogP contribution is -2.13. The van der Waals surface area contributed by atoms with Gasteiger partial charge in [-0.2, -0.15) is 0 Å². The minimum absolute atomic E-state index is 0.0897. The third-order valence-electron chi connectivity index (χ3n) is 1.25. The summed E-state index contributed by atoms with van der Waals surface area (Å²) in [5, 5.41) is 0. The maximum atomic E-state index is 11.4. The Hall–Kier alpha value is -1.96. The summed E-state index contributed by atoms with van der Waals surface area (Å²) in [6, 6.07) is -0.708. The molecule has 0 aromatic carbocycles. The molecule has 5 heteroatoms. The summed E-state index contributed by atoms with van der Waals surface area (Å²) in [4.78, 5) is 22.6. The first kappa shape index (κ1) is 12.1. The SMILES string of the molecule is [2H]/C(C(=O)OCC)=C(\OCC#C)C(=O)OCC. The van der Waals surface area contributed by atoms with E-state index in [1.165, 1.54) is 0 Å². The van der Waals surface area contributed by atoms with Crippen LogP contribution in [0.4, 0.5) is 0 Å². The maximum Gasteiger partial charge on any atom is 0.373 e. The van der Waals surface area contributed by atoms with E-state index in [4.69, 9.17) is 12.5 Å². The Balaban J connectivity index is 4.99. The maximum absolute atomic E-state index is 11.4. The molecule has 0 amide bonds. The lowest BCUT2D eigenvalue weighted by molar-refractivity contribution is -0.144. The molecular formula is C11H14O5. The Morgan fingerprint density at radius 2 is 1.94 bits per heavy atom. The fourth-order valence-electron chi connectivity index (χ4n) is 0.716. The number of carbonyl (C=O) groups is 2. The Bertz CT molecular complexity index is 353. The summed E-state index contributed by atoms with van der Waals surface area (Å²) in [5.74, 6) is -0.298. The standard InChI is InChI=1S/C11H14O5/c1-4-7-16-9(11(13)15-6-3)8-10(12)14-5-2/h1,8H,5-7H2,2-3H3/b9-8+/i8D. The molecule has 16 heavy (non-hydrogen) atoms. The largest absolute Gasteiger partial charge is 0.473 e. The van der Waals surface area contributed by atoms with Gasteiger partial charge in [-0.05, 0) is 13.8 Å². The molecule has 0 N–H and O–H groups in total. The predicted molar refractivity (Wildman–Crippen MR) is 56.1 cm³/mol. The van der Waals surface area contributed by atoms with Crippen LogP contribution in [0.3, 0.4) is 0 Å². The third kappa shape index (κ3) is 5.70. The smallest absolute Gasteiger partial charge is 0.373 e. The second-order valence-corrected chi connectivity index (χ2v) is 2.39. The molecule has 0 rings (SSSR count). The molecule has 0 fully saturated rings. The quantitative estimate of drug-likeness (QED) is 0.288. The number of terminal acetylenes is 1. The molecule has 0 aromatic heterocycles. The van der Waals surface area contributed by atoms with Gasteiger partial charge in [0, 0.05) is 0 Å². The molecule has 0 spiro atoms. The van der Waals surface area contributed by atoms with Crippen molar-refractivity contribution in [2.24, 2.45) is 0 Å². The van der Waals surface area contributed by atoms with E-state index in [1.54, 1.807) is 13.8 Å². The van der Waals surface area contributed by atoms with E-state index in [2.05, 4.69) is 15.4 Å². The zero-order chi connectivity index (χ0) is 13.3. The van der Waals surface area contributed by atoms with Crippen LogP contribution in [0, 0.1) is 12.3 Å². The van der Waals surface area contributed by atoms with Crippen molar-refractivity contribution >= 4 is 11.9 Å². The zero-order valence-electron chi connectivity index (χ0n) is 10.2. The van der Waals surface area contributed by atoms with E-state index >= 15 is 0 Å². The normalized spacial score (nSPS) is 11.7. The van der Waals surface area contributed by atoms with Crippen LogP contribution >= 0.6 is 0 Å². The van der Waals surface area contributed by atoms with Crippen LogP contribution in [0.1, 0.15) is 15.2 Å². The molecule has 0 saturated heterocycles. The van der Waals surface area contributed by atoms with Crippen LogP contribution in [-0.4, -0.2) is 31.8 Å². The van der Waals surface area contributed by atoms with Crippen LogP contribution in [-0.2, 0) is 23.8 Å². The highest BCUT2D eigenvalue weighted by Gasteiger charge is 2.14. The van der Waals surface area contributed by atoms with Gasteiger partial charge < -0.3 is 14.2 Å². The van der Waals surface area contributed by atoms with Gasteiger partial charge in [0.15, 0.2) is 0 Å².